The van der Waals surface area contributed by atoms with E-state index in [2.05, 4.69) is 29.5 Å². The van der Waals surface area contributed by atoms with Crippen LogP contribution in [0.15, 0.2) is 53.0 Å². The Hall–Kier alpha value is -3.55. The highest BCUT2D eigenvalue weighted by Gasteiger charge is 2.44. The first-order chi connectivity index (χ1) is 19.9. The summed E-state index contributed by atoms with van der Waals surface area (Å²) >= 11 is 0. The normalized spacial score (nSPS) is 27.3. The number of aliphatic imine (C=N–C) groups is 2. The van der Waals surface area contributed by atoms with E-state index < -0.39 is 0 Å². The summed E-state index contributed by atoms with van der Waals surface area (Å²) in [7, 11) is 3.95. The van der Waals surface area contributed by atoms with Crippen LogP contribution >= 0.6 is 0 Å². The first-order valence-corrected chi connectivity index (χ1v) is 14.6. The van der Waals surface area contributed by atoms with Crippen LogP contribution in [0.2, 0.25) is 0 Å². The SMILES string of the molecule is C=CC(=O)N1CCN([C]2N=C(OC[C@@H]3CCCN3C)N=C3C[C@H](C(=O)N(C)c4ccccc4)CCC23)C[C@@H]1CC#N. The lowest BCUT2D eigenvalue weighted by Gasteiger charge is -2.45. The van der Waals surface area contributed by atoms with Crippen LogP contribution in [0.5, 0.6) is 0 Å². The van der Waals surface area contributed by atoms with Crippen LogP contribution < -0.4 is 4.90 Å². The van der Waals surface area contributed by atoms with Gasteiger partial charge in [0.25, 0.3) is 0 Å². The van der Waals surface area contributed by atoms with Crippen molar-refractivity contribution in [3.05, 3.63) is 49.2 Å². The molecule has 1 aromatic rings. The van der Waals surface area contributed by atoms with E-state index in [1.807, 2.05) is 37.4 Å². The molecule has 3 fully saturated rings. The molecule has 1 radical (unpaired) electrons. The van der Waals surface area contributed by atoms with Crippen LogP contribution in [-0.4, -0.2) is 97.2 Å². The largest absolute Gasteiger partial charge is 0.462 e. The third-order valence-electron chi connectivity index (χ3n) is 8.91. The smallest absolute Gasteiger partial charge is 0.313 e. The van der Waals surface area contributed by atoms with E-state index in [-0.39, 0.29) is 36.1 Å². The zero-order chi connectivity index (χ0) is 28.9. The number of para-hydroxylation sites is 1. The lowest BCUT2D eigenvalue weighted by atomic mass is 9.77. The molecule has 5 rings (SSSR count). The number of hydrogen-bond donors (Lipinski definition) is 0. The zero-order valence-corrected chi connectivity index (χ0v) is 24.1. The molecule has 10 heteroatoms. The summed E-state index contributed by atoms with van der Waals surface area (Å²) in [6.45, 7) is 6.80. The Balaban J connectivity index is 1.36. The van der Waals surface area contributed by atoms with E-state index in [0.717, 1.165) is 49.8 Å². The average Bonchev–Trinajstić information content (AvgIpc) is 3.43. The van der Waals surface area contributed by atoms with Gasteiger partial charge in [-0.3, -0.25) is 14.5 Å². The molecule has 217 valence electrons. The van der Waals surface area contributed by atoms with Gasteiger partial charge in [0.05, 0.1) is 18.5 Å². The Kier molecular flexibility index (Phi) is 9.15. The lowest BCUT2D eigenvalue weighted by Crippen LogP contribution is -2.57. The maximum atomic E-state index is 13.5. The number of rotatable bonds is 7. The number of amidine groups is 1. The minimum atomic E-state index is -0.252. The summed E-state index contributed by atoms with van der Waals surface area (Å²) in [5, 5.41) is 9.47. The molecule has 0 bridgehead atoms. The fourth-order valence-electron chi connectivity index (χ4n) is 6.49. The van der Waals surface area contributed by atoms with Gasteiger partial charge in [0, 0.05) is 56.0 Å². The molecule has 3 aliphatic heterocycles. The number of carbonyl (C=O) groups is 2. The number of amides is 2. The molecule has 10 nitrogen and oxygen atoms in total. The van der Waals surface area contributed by atoms with Crippen molar-refractivity contribution < 1.29 is 14.3 Å². The minimum absolute atomic E-state index is 0.0213. The number of nitrogens with zero attached hydrogens (tertiary/aromatic N) is 7. The van der Waals surface area contributed by atoms with E-state index >= 15 is 0 Å². The standard InChI is InChI=1S/C31H40N7O3/c1-4-28(39)38-18-17-37(20-24(38)14-15-32)29-26-13-12-22(30(40)36(3)23-9-6-5-7-10-23)19-27(26)33-31(34-29)41-21-25-11-8-16-35(25)2/h4-7,9-10,22,24-26H,1,8,11-14,16-21H2,2-3H3/t22-,24+,25+,26?/m1/s1. The molecule has 1 unspecified atom stereocenters. The Morgan fingerprint density at radius 1 is 1.15 bits per heavy atom. The number of piperazine rings is 1. The maximum Gasteiger partial charge on any atom is 0.313 e. The van der Waals surface area contributed by atoms with Crippen molar-refractivity contribution in [2.45, 2.75) is 50.6 Å². The van der Waals surface area contributed by atoms with E-state index in [0.29, 0.717) is 44.7 Å². The van der Waals surface area contributed by atoms with Gasteiger partial charge in [0.2, 0.25) is 11.8 Å². The second-order valence-electron chi connectivity index (χ2n) is 11.4. The molecular formula is C31H40N7O3. The van der Waals surface area contributed by atoms with Crippen molar-refractivity contribution >= 4 is 29.2 Å². The Bertz CT molecular complexity index is 1230. The number of likely N-dealkylation sites (tertiary alicyclic amines) is 1. The Labute approximate surface area is 243 Å². The van der Waals surface area contributed by atoms with Crippen LogP contribution in [0.1, 0.15) is 38.5 Å². The topological polar surface area (TPSA) is 105 Å². The fourth-order valence-corrected chi connectivity index (χ4v) is 6.49. The van der Waals surface area contributed by atoms with Crippen molar-refractivity contribution in [3.63, 3.8) is 0 Å². The number of benzene rings is 1. The summed E-state index contributed by atoms with van der Waals surface area (Å²) in [4.78, 5) is 43.8. The van der Waals surface area contributed by atoms with Gasteiger partial charge in [0.1, 0.15) is 6.61 Å². The van der Waals surface area contributed by atoms with E-state index in [1.165, 1.54) is 6.08 Å². The maximum absolute atomic E-state index is 13.5. The number of nitriles is 1. The van der Waals surface area contributed by atoms with Gasteiger partial charge >= 0.3 is 6.02 Å². The van der Waals surface area contributed by atoms with Gasteiger partial charge in [-0.1, -0.05) is 24.8 Å². The zero-order valence-electron chi connectivity index (χ0n) is 24.1. The Morgan fingerprint density at radius 3 is 2.66 bits per heavy atom. The first-order valence-electron chi connectivity index (χ1n) is 14.6. The van der Waals surface area contributed by atoms with Crippen LogP contribution in [-0.2, 0) is 14.3 Å². The van der Waals surface area contributed by atoms with Crippen LogP contribution in [0.3, 0.4) is 0 Å². The summed E-state index contributed by atoms with van der Waals surface area (Å²) in [6, 6.07) is 12.4. The van der Waals surface area contributed by atoms with Gasteiger partial charge in [-0.15, -0.1) is 0 Å². The molecule has 41 heavy (non-hydrogen) atoms. The molecule has 2 saturated heterocycles. The van der Waals surface area contributed by atoms with Gasteiger partial charge in [0.15, 0.2) is 6.17 Å². The highest BCUT2D eigenvalue weighted by Crippen LogP contribution is 2.39. The molecule has 1 saturated carbocycles. The number of likely N-dealkylation sites (N-methyl/N-ethyl adjacent to an activating group) is 1. The lowest BCUT2D eigenvalue weighted by molar-refractivity contribution is -0.130. The predicted molar refractivity (Wildman–Crippen MR) is 158 cm³/mol. The van der Waals surface area contributed by atoms with Crippen molar-refractivity contribution in [1.29, 1.82) is 5.26 Å². The monoisotopic (exact) mass is 558 g/mol. The molecule has 1 aliphatic carbocycles. The second kappa shape index (κ2) is 13.0. The highest BCUT2D eigenvalue weighted by atomic mass is 16.5. The average molecular weight is 559 g/mol. The molecule has 3 heterocycles. The third kappa shape index (κ3) is 6.36. The molecule has 0 N–H and O–H groups in total. The van der Waals surface area contributed by atoms with Crippen molar-refractivity contribution in [2.24, 2.45) is 21.8 Å². The van der Waals surface area contributed by atoms with Gasteiger partial charge in [-0.2, -0.15) is 5.26 Å². The number of anilines is 1. The molecule has 0 spiro atoms. The number of hydrogen-bond acceptors (Lipinski definition) is 8. The summed E-state index contributed by atoms with van der Waals surface area (Å²) < 4.78 is 6.22. The summed E-state index contributed by atoms with van der Waals surface area (Å²) in [5.74, 6) is -0.269. The molecule has 4 atom stereocenters. The minimum Gasteiger partial charge on any atom is -0.462 e. The molecule has 2 amide bonds. The van der Waals surface area contributed by atoms with Gasteiger partial charge < -0.3 is 19.4 Å². The number of fused-ring (bicyclic) bond motifs is 1. The molecule has 1 aromatic carbocycles. The van der Waals surface area contributed by atoms with E-state index in [4.69, 9.17) is 14.7 Å². The summed E-state index contributed by atoms with van der Waals surface area (Å²) in [6.07, 6.45) is 6.69. The summed E-state index contributed by atoms with van der Waals surface area (Å²) in [5.41, 5.74) is 1.80. The van der Waals surface area contributed by atoms with Crippen LogP contribution in [0, 0.1) is 29.3 Å². The van der Waals surface area contributed by atoms with Crippen molar-refractivity contribution in [2.75, 3.05) is 51.8 Å². The van der Waals surface area contributed by atoms with Crippen LogP contribution in [0.25, 0.3) is 0 Å². The molecule has 4 aliphatic rings. The van der Waals surface area contributed by atoms with E-state index in [9.17, 15) is 14.9 Å². The van der Waals surface area contributed by atoms with Crippen molar-refractivity contribution in [3.8, 4) is 6.07 Å². The van der Waals surface area contributed by atoms with E-state index in [1.54, 1.807) is 9.80 Å². The van der Waals surface area contributed by atoms with Crippen LogP contribution in [0.4, 0.5) is 5.69 Å². The third-order valence-corrected chi connectivity index (χ3v) is 8.91. The molecule has 0 aromatic heterocycles. The van der Waals surface area contributed by atoms with Gasteiger partial charge in [-0.05, 0) is 63.9 Å². The molecular weight excluding hydrogens is 518 g/mol. The van der Waals surface area contributed by atoms with Gasteiger partial charge in [-0.25, -0.2) is 9.98 Å². The number of ether oxygens (including phenoxy) is 1. The second-order valence-corrected chi connectivity index (χ2v) is 11.4. The first kappa shape index (κ1) is 29.0. The Morgan fingerprint density at radius 2 is 1.95 bits per heavy atom. The predicted octanol–water partition coefficient (Wildman–Crippen LogP) is 3.09. The quantitative estimate of drug-likeness (QED) is 0.477. The highest BCUT2D eigenvalue weighted by molar-refractivity contribution is 6.04. The number of carbonyl (C=O) groups excluding carboxylic acids is 2. The van der Waals surface area contributed by atoms with Crippen molar-refractivity contribution in [1.82, 2.24) is 14.7 Å². The fraction of sp³-hybridized carbons (Fsp3) is 0.548.